The first-order chi connectivity index (χ1) is 6.19. The maximum absolute atomic E-state index is 9.65. The first-order valence-electron chi connectivity index (χ1n) is 4.09. The number of aryl methyl sites for hydroxylation is 1. The molecule has 13 heavy (non-hydrogen) atoms. The van der Waals surface area contributed by atoms with Crippen LogP contribution in [0.5, 0.6) is 5.88 Å². The molecule has 0 fully saturated rings. The number of nitrogens with zero attached hydrogens (tertiary/aromatic N) is 2. The molecule has 0 spiro atoms. The van der Waals surface area contributed by atoms with E-state index in [1.807, 2.05) is 0 Å². The summed E-state index contributed by atoms with van der Waals surface area (Å²) in [6, 6.07) is 0. The summed E-state index contributed by atoms with van der Waals surface area (Å²) in [5, 5.41) is 16.6. The highest BCUT2D eigenvalue weighted by molar-refractivity contribution is 5.25. The average molecular weight is 185 g/mol. The van der Waals surface area contributed by atoms with E-state index in [1.54, 1.807) is 25.0 Å². The van der Waals surface area contributed by atoms with Gasteiger partial charge in [-0.05, 0) is 7.05 Å². The Labute approximate surface area is 77.3 Å². The number of aromatic nitrogens is 2. The van der Waals surface area contributed by atoms with Crippen molar-refractivity contribution in [2.75, 3.05) is 20.7 Å². The number of nitrogens with one attached hydrogen (secondary N) is 1. The Kier molecular flexibility index (Phi) is 3.27. The summed E-state index contributed by atoms with van der Waals surface area (Å²) in [5.74, 6) is 0.477. The van der Waals surface area contributed by atoms with Crippen molar-refractivity contribution < 1.29 is 9.84 Å². The summed E-state index contributed by atoms with van der Waals surface area (Å²) in [7, 11) is 5.11. The first kappa shape index (κ1) is 10.0. The van der Waals surface area contributed by atoms with Crippen LogP contribution in [0, 0.1) is 0 Å². The molecule has 5 heteroatoms. The molecule has 1 unspecified atom stereocenters. The molecule has 0 aliphatic heterocycles. The monoisotopic (exact) mass is 185 g/mol. The third-order valence-corrected chi connectivity index (χ3v) is 1.77. The minimum absolute atomic E-state index is 0.477. The highest BCUT2D eigenvalue weighted by Gasteiger charge is 2.15. The van der Waals surface area contributed by atoms with Crippen molar-refractivity contribution >= 4 is 0 Å². The molecule has 74 valence electrons. The Hall–Kier alpha value is -1.07. The lowest BCUT2D eigenvalue weighted by atomic mass is 10.2. The first-order valence-corrected chi connectivity index (χ1v) is 4.09. The van der Waals surface area contributed by atoms with Crippen LogP contribution in [-0.4, -0.2) is 35.6 Å². The van der Waals surface area contributed by atoms with Gasteiger partial charge in [-0.1, -0.05) is 0 Å². The van der Waals surface area contributed by atoms with E-state index in [1.165, 1.54) is 7.11 Å². The molecule has 0 bridgehead atoms. The van der Waals surface area contributed by atoms with E-state index in [2.05, 4.69) is 10.4 Å². The van der Waals surface area contributed by atoms with Gasteiger partial charge in [0.1, 0.15) is 0 Å². The molecule has 0 amide bonds. The van der Waals surface area contributed by atoms with Gasteiger partial charge in [-0.3, -0.25) is 4.68 Å². The predicted octanol–water partition coefficient (Wildman–Crippen LogP) is -0.319. The Morgan fingerprint density at radius 2 is 2.46 bits per heavy atom. The van der Waals surface area contributed by atoms with E-state index >= 15 is 0 Å². The summed E-state index contributed by atoms with van der Waals surface area (Å²) in [6.45, 7) is 0.488. The lowest BCUT2D eigenvalue weighted by Gasteiger charge is -2.08. The smallest absolute Gasteiger partial charge is 0.238 e. The van der Waals surface area contributed by atoms with Crippen molar-refractivity contribution in [3.05, 3.63) is 11.8 Å². The Morgan fingerprint density at radius 1 is 1.77 bits per heavy atom. The summed E-state index contributed by atoms with van der Waals surface area (Å²) < 4.78 is 6.63. The second kappa shape index (κ2) is 4.25. The van der Waals surface area contributed by atoms with Crippen molar-refractivity contribution in [3.8, 4) is 5.88 Å². The van der Waals surface area contributed by atoms with Crippen molar-refractivity contribution in [3.63, 3.8) is 0 Å². The molecule has 0 aliphatic rings. The summed E-state index contributed by atoms with van der Waals surface area (Å²) in [5.41, 5.74) is 0.708. The van der Waals surface area contributed by atoms with Crippen LogP contribution >= 0.6 is 0 Å². The van der Waals surface area contributed by atoms with Crippen LogP contribution < -0.4 is 10.1 Å². The van der Waals surface area contributed by atoms with E-state index in [9.17, 15) is 5.11 Å². The van der Waals surface area contributed by atoms with Crippen LogP contribution in [0.2, 0.25) is 0 Å². The van der Waals surface area contributed by atoms with Gasteiger partial charge in [0.25, 0.3) is 0 Å². The number of ether oxygens (including phenoxy) is 1. The van der Waals surface area contributed by atoms with Crippen LogP contribution in [0.1, 0.15) is 11.7 Å². The van der Waals surface area contributed by atoms with Crippen LogP contribution in [-0.2, 0) is 7.05 Å². The summed E-state index contributed by atoms with van der Waals surface area (Å²) >= 11 is 0. The fraction of sp³-hybridized carbons (Fsp3) is 0.625. The van der Waals surface area contributed by atoms with Gasteiger partial charge in [0.2, 0.25) is 5.88 Å². The van der Waals surface area contributed by atoms with Gasteiger partial charge in [0, 0.05) is 19.8 Å². The number of aliphatic hydroxyl groups is 1. The number of hydrogen-bond acceptors (Lipinski definition) is 4. The molecule has 0 aliphatic carbocycles. The fourth-order valence-electron chi connectivity index (χ4n) is 1.18. The molecule has 1 rings (SSSR count). The normalized spacial score (nSPS) is 12.9. The maximum atomic E-state index is 9.65. The number of rotatable bonds is 4. The fourth-order valence-corrected chi connectivity index (χ4v) is 1.18. The quantitative estimate of drug-likeness (QED) is 0.675. The van der Waals surface area contributed by atoms with Gasteiger partial charge in [0.05, 0.1) is 18.8 Å². The molecule has 5 nitrogen and oxygen atoms in total. The van der Waals surface area contributed by atoms with Crippen molar-refractivity contribution in [1.82, 2.24) is 15.1 Å². The Morgan fingerprint density at radius 3 is 3.00 bits per heavy atom. The number of likely N-dealkylation sites (N-methyl/N-ethyl adjacent to an activating group) is 1. The van der Waals surface area contributed by atoms with Crippen molar-refractivity contribution in [2.45, 2.75) is 6.10 Å². The Bertz CT molecular complexity index is 272. The molecule has 1 heterocycles. The van der Waals surface area contributed by atoms with Gasteiger partial charge < -0.3 is 15.2 Å². The van der Waals surface area contributed by atoms with E-state index in [-0.39, 0.29) is 0 Å². The molecule has 0 radical (unpaired) electrons. The molecule has 1 aromatic rings. The largest absolute Gasteiger partial charge is 0.480 e. The zero-order chi connectivity index (χ0) is 9.84. The average Bonchev–Trinajstić information content (AvgIpc) is 2.47. The van der Waals surface area contributed by atoms with Crippen LogP contribution in [0.15, 0.2) is 6.20 Å². The number of hydrogen-bond donors (Lipinski definition) is 2. The predicted molar refractivity (Wildman–Crippen MR) is 48.6 cm³/mol. The molecular weight excluding hydrogens is 170 g/mol. The molecular formula is C8H15N3O2. The van der Waals surface area contributed by atoms with E-state index in [0.717, 1.165) is 0 Å². The highest BCUT2D eigenvalue weighted by Crippen LogP contribution is 2.22. The van der Waals surface area contributed by atoms with E-state index < -0.39 is 6.10 Å². The number of aliphatic hydroxyl groups excluding tert-OH is 1. The van der Waals surface area contributed by atoms with Crippen molar-refractivity contribution in [1.29, 1.82) is 0 Å². The molecule has 2 N–H and O–H groups in total. The zero-order valence-corrected chi connectivity index (χ0v) is 8.11. The summed E-state index contributed by atoms with van der Waals surface area (Å²) in [6.07, 6.45) is 1.18. The third-order valence-electron chi connectivity index (χ3n) is 1.77. The topological polar surface area (TPSA) is 59.3 Å². The second-order valence-electron chi connectivity index (χ2n) is 2.84. The van der Waals surface area contributed by atoms with Gasteiger partial charge in [-0.15, -0.1) is 5.10 Å². The highest BCUT2D eigenvalue weighted by atomic mass is 16.5. The van der Waals surface area contributed by atoms with Crippen molar-refractivity contribution in [2.24, 2.45) is 7.05 Å². The Balaban J connectivity index is 2.84. The van der Waals surface area contributed by atoms with Gasteiger partial charge in [-0.2, -0.15) is 0 Å². The minimum atomic E-state index is -0.575. The number of methoxy groups -OCH3 is 1. The van der Waals surface area contributed by atoms with Crippen LogP contribution in [0.3, 0.4) is 0 Å². The molecule has 1 atom stereocenters. The molecule has 1 aromatic heterocycles. The van der Waals surface area contributed by atoms with Gasteiger partial charge in [0.15, 0.2) is 0 Å². The zero-order valence-electron chi connectivity index (χ0n) is 8.11. The maximum Gasteiger partial charge on any atom is 0.238 e. The minimum Gasteiger partial charge on any atom is -0.480 e. The molecule has 0 saturated carbocycles. The third kappa shape index (κ3) is 2.19. The van der Waals surface area contributed by atoms with Crippen LogP contribution in [0.25, 0.3) is 0 Å². The van der Waals surface area contributed by atoms with Gasteiger partial charge in [-0.25, -0.2) is 0 Å². The lowest BCUT2D eigenvalue weighted by Crippen LogP contribution is -2.16. The van der Waals surface area contributed by atoms with E-state index in [0.29, 0.717) is 18.0 Å². The second-order valence-corrected chi connectivity index (χ2v) is 2.84. The molecule has 0 aromatic carbocycles. The van der Waals surface area contributed by atoms with E-state index in [4.69, 9.17) is 4.74 Å². The van der Waals surface area contributed by atoms with Crippen LogP contribution in [0.4, 0.5) is 0 Å². The molecule has 0 saturated heterocycles. The summed E-state index contributed by atoms with van der Waals surface area (Å²) in [4.78, 5) is 0. The lowest BCUT2D eigenvalue weighted by molar-refractivity contribution is 0.173. The standard InChI is InChI=1S/C8H15N3O2/c1-9-4-7(12)6-5-11(2)10-8(6)13-3/h5,7,9,12H,4H2,1-3H3. The van der Waals surface area contributed by atoms with Gasteiger partial charge >= 0.3 is 0 Å². The SMILES string of the molecule is CNCC(O)c1cn(C)nc1OC.